The highest BCUT2D eigenvalue weighted by Gasteiger charge is 2.26. The lowest BCUT2D eigenvalue weighted by Crippen LogP contribution is -2.06. The van der Waals surface area contributed by atoms with Crippen LogP contribution >= 0.6 is 0 Å². The van der Waals surface area contributed by atoms with E-state index in [0.717, 1.165) is 6.20 Å². The van der Waals surface area contributed by atoms with Crippen molar-refractivity contribution in [2.24, 2.45) is 5.73 Å². The van der Waals surface area contributed by atoms with Crippen molar-refractivity contribution in [3.8, 4) is 5.88 Å². The first-order valence-electron chi connectivity index (χ1n) is 3.82. The largest absolute Gasteiger partial charge is 0.493 e. The quantitative estimate of drug-likeness (QED) is 0.604. The number of nitrogens with two attached hydrogens (primary N) is 1. The van der Waals surface area contributed by atoms with Gasteiger partial charge in [0.15, 0.2) is 0 Å². The fourth-order valence-electron chi connectivity index (χ4n) is 1.62. The van der Waals surface area contributed by atoms with E-state index in [2.05, 4.69) is 4.98 Å². The second-order valence-corrected chi connectivity index (χ2v) is 2.97. The van der Waals surface area contributed by atoms with Crippen LogP contribution in [0, 0.1) is 5.82 Å². The van der Waals surface area contributed by atoms with Crippen LogP contribution in [-0.2, 0) is 6.42 Å². The van der Waals surface area contributed by atoms with Crippen molar-refractivity contribution in [3.05, 3.63) is 23.1 Å². The number of nitrogens with zero attached hydrogens (tertiary/aromatic N) is 1. The van der Waals surface area contributed by atoms with Crippen molar-refractivity contribution in [2.75, 3.05) is 0 Å². The Morgan fingerprint density at radius 3 is 3.08 bits per heavy atom. The number of aromatic nitrogens is 1. The van der Waals surface area contributed by atoms with E-state index < -0.39 is 0 Å². The molecular weight excluding hydrogens is 159 g/mol. The Hall–Kier alpha value is -1.16. The minimum atomic E-state index is -0.365. The second kappa shape index (κ2) is 2.42. The van der Waals surface area contributed by atoms with Crippen LogP contribution in [0.5, 0.6) is 5.88 Å². The van der Waals surface area contributed by atoms with E-state index in [1.807, 2.05) is 0 Å². The summed E-state index contributed by atoms with van der Waals surface area (Å²) in [6.07, 6.45) is 2.32. The Bertz CT molecular complexity index is 327. The monoisotopic (exact) mass is 168 g/mol. The van der Waals surface area contributed by atoms with Crippen LogP contribution in [0.2, 0.25) is 0 Å². The summed E-state index contributed by atoms with van der Waals surface area (Å²) in [5, 5.41) is 9.27. The molecule has 1 aromatic rings. The number of rotatable bonds is 0. The van der Waals surface area contributed by atoms with Gasteiger partial charge in [0.2, 0.25) is 5.88 Å². The molecule has 1 atom stereocenters. The third-order valence-corrected chi connectivity index (χ3v) is 2.23. The fraction of sp³-hybridized carbons (Fsp3) is 0.375. The molecule has 0 spiro atoms. The number of fused-ring (bicyclic) bond motifs is 1. The maximum Gasteiger partial charge on any atom is 0.216 e. The summed E-state index contributed by atoms with van der Waals surface area (Å²) in [6.45, 7) is 0. The highest BCUT2D eigenvalue weighted by molar-refractivity contribution is 5.40. The van der Waals surface area contributed by atoms with E-state index in [4.69, 9.17) is 5.73 Å². The lowest BCUT2D eigenvalue weighted by molar-refractivity contribution is 0.438. The molecule has 1 aliphatic rings. The molecule has 0 fully saturated rings. The molecule has 1 heterocycles. The molecule has 64 valence electrons. The van der Waals surface area contributed by atoms with Gasteiger partial charge in [-0.05, 0) is 18.4 Å². The molecule has 1 aromatic heterocycles. The first kappa shape index (κ1) is 7.49. The summed E-state index contributed by atoms with van der Waals surface area (Å²) in [5.41, 5.74) is 6.65. The van der Waals surface area contributed by atoms with Crippen LogP contribution in [0.15, 0.2) is 6.20 Å². The molecule has 0 amide bonds. The summed E-state index contributed by atoms with van der Waals surface area (Å²) in [4.78, 5) is 3.50. The molecule has 4 heteroatoms. The summed E-state index contributed by atoms with van der Waals surface area (Å²) >= 11 is 0. The maximum absolute atomic E-state index is 13.0. The van der Waals surface area contributed by atoms with Gasteiger partial charge in [0.05, 0.1) is 6.20 Å². The average Bonchev–Trinajstić information content (AvgIpc) is 2.42. The molecule has 1 unspecified atom stereocenters. The van der Waals surface area contributed by atoms with Crippen molar-refractivity contribution in [2.45, 2.75) is 18.9 Å². The lowest BCUT2D eigenvalue weighted by Gasteiger charge is -2.05. The highest BCUT2D eigenvalue weighted by Crippen LogP contribution is 2.35. The van der Waals surface area contributed by atoms with Gasteiger partial charge in [0, 0.05) is 11.6 Å². The summed E-state index contributed by atoms with van der Waals surface area (Å²) in [6, 6.07) is -0.261. The minimum Gasteiger partial charge on any atom is -0.493 e. The fourth-order valence-corrected chi connectivity index (χ4v) is 1.62. The number of hydrogen-bond acceptors (Lipinski definition) is 3. The van der Waals surface area contributed by atoms with Crippen LogP contribution in [0.25, 0.3) is 0 Å². The molecular formula is C8H9FN2O. The van der Waals surface area contributed by atoms with Gasteiger partial charge >= 0.3 is 0 Å². The molecule has 0 radical (unpaired) electrons. The Balaban J connectivity index is 2.64. The van der Waals surface area contributed by atoms with Crippen LogP contribution < -0.4 is 5.73 Å². The lowest BCUT2D eigenvalue weighted by atomic mass is 10.1. The third-order valence-electron chi connectivity index (χ3n) is 2.23. The average molecular weight is 168 g/mol. The number of hydrogen-bond donors (Lipinski definition) is 2. The van der Waals surface area contributed by atoms with E-state index in [1.54, 1.807) is 0 Å². The molecule has 1 aliphatic carbocycles. The van der Waals surface area contributed by atoms with Gasteiger partial charge in [-0.3, -0.25) is 0 Å². The van der Waals surface area contributed by atoms with Crippen molar-refractivity contribution >= 4 is 0 Å². The summed E-state index contributed by atoms with van der Waals surface area (Å²) in [7, 11) is 0. The van der Waals surface area contributed by atoms with Crippen molar-refractivity contribution in [3.63, 3.8) is 0 Å². The van der Waals surface area contributed by atoms with Crippen LogP contribution in [0.4, 0.5) is 4.39 Å². The first-order valence-corrected chi connectivity index (χ1v) is 3.82. The van der Waals surface area contributed by atoms with E-state index in [-0.39, 0.29) is 17.7 Å². The molecule has 0 aliphatic heterocycles. The van der Waals surface area contributed by atoms with Crippen LogP contribution in [-0.4, -0.2) is 10.1 Å². The van der Waals surface area contributed by atoms with Gasteiger partial charge in [0.25, 0.3) is 0 Å². The highest BCUT2D eigenvalue weighted by atomic mass is 19.1. The first-order chi connectivity index (χ1) is 5.70. The van der Waals surface area contributed by atoms with E-state index in [1.165, 1.54) is 0 Å². The molecule has 0 aromatic carbocycles. The summed E-state index contributed by atoms with van der Waals surface area (Å²) < 4.78 is 13.0. The normalized spacial score (nSPS) is 21.0. The van der Waals surface area contributed by atoms with E-state index >= 15 is 0 Å². The van der Waals surface area contributed by atoms with Crippen LogP contribution in [0.1, 0.15) is 23.6 Å². The molecule has 0 saturated heterocycles. The van der Waals surface area contributed by atoms with Crippen molar-refractivity contribution in [1.29, 1.82) is 0 Å². The van der Waals surface area contributed by atoms with Crippen molar-refractivity contribution in [1.82, 2.24) is 4.98 Å². The van der Waals surface area contributed by atoms with Gasteiger partial charge in [-0.25, -0.2) is 9.37 Å². The smallest absolute Gasteiger partial charge is 0.216 e. The van der Waals surface area contributed by atoms with E-state index in [9.17, 15) is 9.50 Å². The zero-order valence-electron chi connectivity index (χ0n) is 6.42. The molecule has 3 nitrogen and oxygen atoms in total. The van der Waals surface area contributed by atoms with Gasteiger partial charge < -0.3 is 10.8 Å². The van der Waals surface area contributed by atoms with Gasteiger partial charge in [-0.1, -0.05) is 0 Å². The van der Waals surface area contributed by atoms with Crippen LogP contribution in [0.3, 0.4) is 0 Å². The van der Waals surface area contributed by atoms with E-state index in [0.29, 0.717) is 24.0 Å². The minimum absolute atomic E-state index is 0.128. The topological polar surface area (TPSA) is 59.1 Å². The number of pyridine rings is 1. The second-order valence-electron chi connectivity index (χ2n) is 2.97. The van der Waals surface area contributed by atoms with Gasteiger partial charge in [-0.15, -0.1) is 0 Å². The van der Waals surface area contributed by atoms with Gasteiger partial charge in [-0.2, -0.15) is 0 Å². The molecule has 2 rings (SSSR count). The SMILES string of the molecule is NC1CCc2c(F)cnc(O)c21. The summed E-state index contributed by atoms with van der Waals surface area (Å²) in [5.74, 6) is -0.493. The zero-order valence-corrected chi connectivity index (χ0v) is 6.42. The standard InChI is InChI=1S/C8H9FN2O/c9-5-3-11-8(12)7-4(5)1-2-6(7)10/h3,6H,1-2,10H2,(H,11,12). The Morgan fingerprint density at radius 1 is 1.67 bits per heavy atom. The van der Waals surface area contributed by atoms with Crippen molar-refractivity contribution < 1.29 is 9.50 Å². The third kappa shape index (κ3) is 0.881. The Labute approximate surface area is 69.0 Å². The predicted molar refractivity (Wildman–Crippen MR) is 41.1 cm³/mol. The molecule has 0 saturated carbocycles. The Morgan fingerprint density at radius 2 is 2.42 bits per heavy atom. The molecule has 0 bridgehead atoms. The number of halogens is 1. The predicted octanol–water partition coefficient (Wildman–Crippen LogP) is 0.872. The van der Waals surface area contributed by atoms with Gasteiger partial charge in [0.1, 0.15) is 5.82 Å². The zero-order chi connectivity index (χ0) is 8.72. The maximum atomic E-state index is 13.0. The molecule has 12 heavy (non-hydrogen) atoms. The molecule has 3 N–H and O–H groups in total. The number of aromatic hydroxyl groups is 1. The Kier molecular flexibility index (Phi) is 1.51.